The molecule has 0 bridgehead atoms. The van der Waals surface area contributed by atoms with E-state index in [0.29, 0.717) is 6.61 Å². The van der Waals surface area contributed by atoms with E-state index in [2.05, 4.69) is 0 Å². The molecule has 3 fully saturated rings. The van der Waals surface area contributed by atoms with Gasteiger partial charge in [0.2, 0.25) is 0 Å². The van der Waals surface area contributed by atoms with Gasteiger partial charge in [0.05, 0.1) is 6.61 Å². The van der Waals surface area contributed by atoms with Gasteiger partial charge in [0, 0.05) is 12.8 Å². The Kier molecular flexibility index (Phi) is 5.28. The molecule has 3 heterocycles. The molecule has 0 aromatic rings. The van der Waals surface area contributed by atoms with E-state index >= 15 is 0 Å². The van der Waals surface area contributed by atoms with Crippen molar-refractivity contribution in [3.8, 4) is 0 Å². The standard InChI is InChI=1S/C17H26O9/c1-16(2)21-8-9(24-16)12-13(22-11(20)7-5-6-10(18)19)14-15(23-12)26-17(3,4)25-14/h9,12-15H,5-8H2,1-4H3,(H,18,19). The number of carbonyl (C=O) groups is 2. The maximum Gasteiger partial charge on any atom is 0.306 e. The Morgan fingerprint density at radius 3 is 2.38 bits per heavy atom. The molecule has 26 heavy (non-hydrogen) atoms. The second-order valence-corrected chi connectivity index (χ2v) is 7.64. The van der Waals surface area contributed by atoms with Crippen molar-refractivity contribution in [1.29, 1.82) is 0 Å². The highest BCUT2D eigenvalue weighted by Crippen LogP contribution is 2.42. The topological polar surface area (TPSA) is 110 Å². The molecule has 1 N–H and O–H groups in total. The predicted octanol–water partition coefficient (Wildman–Crippen LogP) is 1.18. The summed E-state index contributed by atoms with van der Waals surface area (Å²) in [5, 5.41) is 8.69. The summed E-state index contributed by atoms with van der Waals surface area (Å²) >= 11 is 0. The van der Waals surface area contributed by atoms with Crippen LogP contribution in [0.2, 0.25) is 0 Å². The Bertz CT molecular complexity index is 558. The van der Waals surface area contributed by atoms with Crippen LogP contribution in [0.3, 0.4) is 0 Å². The lowest BCUT2D eigenvalue weighted by molar-refractivity contribution is -0.235. The van der Waals surface area contributed by atoms with Crippen molar-refractivity contribution >= 4 is 11.9 Å². The normalized spacial score (nSPS) is 37.5. The molecule has 5 unspecified atom stereocenters. The van der Waals surface area contributed by atoms with Crippen LogP contribution in [0.4, 0.5) is 0 Å². The molecule has 0 saturated carbocycles. The molecule has 3 rings (SSSR count). The number of ether oxygens (including phenoxy) is 6. The lowest BCUT2D eigenvalue weighted by Crippen LogP contribution is -2.45. The monoisotopic (exact) mass is 374 g/mol. The third kappa shape index (κ3) is 4.34. The van der Waals surface area contributed by atoms with E-state index < -0.39 is 54.2 Å². The first-order valence-electron chi connectivity index (χ1n) is 8.80. The van der Waals surface area contributed by atoms with E-state index in [1.54, 1.807) is 27.7 Å². The molecule has 3 saturated heterocycles. The summed E-state index contributed by atoms with van der Waals surface area (Å²) in [4.78, 5) is 22.8. The molecule has 0 spiro atoms. The summed E-state index contributed by atoms with van der Waals surface area (Å²) in [6.07, 6.45) is -2.86. The first kappa shape index (κ1) is 19.5. The molecule has 148 valence electrons. The van der Waals surface area contributed by atoms with Crippen LogP contribution in [0.25, 0.3) is 0 Å². The Labute approximate surface area is 151 Å². The summed E-state index contributed by atoms with van der Waals surface area (Å²) in [5.41, 5.74) is 0. The molecule has 3 aliphatic rings. The maximum atomic E-state index is 12.2. The average molecular weight is 374 g/mol. The van der Waals surface area contributed by atoms with E-state index in [1.807, 2.05) is 0 Å². The summed E-state index contributed by atoms with van der Waals surface area (Å²) in [6.45, 7) is 7.41. The second-order valence-electron chi connectivity index (χ2n) is 7.64. The zero-order valence-electron chi connectivity index (χ0n) is 15.4. The van der Waals surface area contributed by atoms with Crippen molar-refractivity contribution in [3.05, 3.63) is 0 Å². The van der Waals surface area contributed by atoms with E-state index in [0.717, 1.165) is 0 Å². The van der Waals surface area contributed by atoms with Gasteiger partial charge in [-0.05, 0) is 34.1 Å². The Morgan fingerprint density at radius 2 is 1.77 bits per heavy atom. The van der Waals surface area contributed by atoms with E-state index in [4.69, 9.17) is 33.5 Å². The number of carbonyl (C=O) groups excluding carboxylic acids is 1. The second kappa shape index (κ2) is 7.05. The van der Waals surface area contributed by atoms with Gasteiger partial charge < -0.3 is 33.5 Å². The minimum Gasteiger partial charge on any atom is -0.481 e. The zero-order valence-corrected chi connectivity index (χ0v) is 15.4. The van der Waals surface area contributed by atoms with Crippen molar-refractivity contribution in [1.82, 2.24) is 0 Å². The van der Waals surface area contributed by atoms with Gasteiger partial charge in [0.25, 0.3) is 0 Å². The van der Waals surface area contributed by atoms with Crippen LogP contribution >= 0.6 is 0 Å². The molecular weight excluding hydrogens is 348 g/mol. The first-order valence-corrected chi connectivity index (χ1v) is 8.80. The first-order chi connectivity index (χ1) is 12.1. The third-order valence-electron chi connectivity index (χ3n) is 4.46. The summed E-state index contributed by atoms with van der Waals surface area (Å²) in [5.74, 6) is -3.05. The Balaban J connectivity index is 1.67. The largest absolute Gasteiger partial charge is 0.481 e. The van der Waals surface area contributed by atoms with Gasteiger partial charge >= 0.3 is 11.9 Å². The lowest BCUT2D eigenvalue weighted by Gasteiger charge is -2.28. The molecular formula is C17H26O9. The number of fused-ring (bicyclic) bond motifs is 1. The molecule has 3 aliphatic heterocycles. The predicted molar refractivity (Wildman–Crippen MR) is 85.0 cm³/mol. The number of aliphatic carboxylic acids is 1. The number of carboxylic acids is 1. The third-order valence-corrected chi connectivity index (χ3v) is 4.46. The van der Waals surface area contributed by atoms with Crippen LogP contribution in [0, 0.1) is 0 Å². The van der Waals surface area contributed by atoms with Crippen LogP contribution < -0.4 is 0 Å². The molecule has 0 amide bonds. The SMILES string of the molecule is CC1(C)OCC(C2OC3OC(C)(C)OC3C2OC(=O)CCCC(=O)O)O1. The van der Waals surface area contributed by atoms with Gasteiger partial charge in [-0.1, -0.05) is 0 Å². The summed E-state index contributed by atoms with van der Waals surface area (Å²) in [7, 11) is 0. The molecule has 0 aromatic heterocycles. The number of carboxylic acid groups (broad SMARTS) is 1. The van der Waals surface area contributed by atoms with Gasteiger partial charge in [0.15, 0.2) is 30.1 Å². The molecule has 9 heteroatoms. The quantitative estimate of drug-likeness (QED) is 0.685. The van der Waals surface area contributed by atoms with E-state index in [1.165, 1.54) is 0 Å². The van der Waals surface area contributed by atoms with Gasteiger partial charge in [-0.25, -0.2) is 0 Å². The van der Waals surface area contributed by atoms with Crippen molar-refractivity contribution < 1.29 is 43.1 Å². The van der Waals surface area contributed by atoms with Crippen LogP contribution in [0.5, 0.6) is 0 Å². The van der Waals surface area contributed by atoms with Gasteiger partial charge in [-0.15, -0.1) is 0 Å². The van der Waals surface area contributed by atoms with Gasteiger partial charge in [-0.2, -0.15) is 0 Å². The van der Waals surface area contributed by atoms with Crippen LogP contribution in [0.15, 0.2) is 0 Å². The van der Waals surface area contributed by atoms with Gasteiger partial charge in [0.1, 0.15) is 12.2 Å². The van der Waals surface area contributed by atoms with Crippen molar-refractivity contribution in [2.75, 3.05) is 6.61 Å². The number of hydrogen-bond donors (Lipinski definition) is 1. The molecule has 0 aliphatic carbocycles. The van der Waals surface area contributed by atoms with Crippen LogP contribution in [0.1, 0.15) is 47.0 Å². The van der Waals surface area contributed by atoms with Gasteiger partial charge in [-0.3, -0.25) is 9.59 Å². The molecule has 9 nitrogen and oxygen atoms in total. The Hall–Kier alpha value is -1.26. The highest BCUT2D eigenvalue weighted by Gasteiger charge is 2.59. The Morgan fingerprint density at radius 1 is 1.04 bits per heavy atom. The summed E-state index contributed by atoms with van der Waals surface area (Å²) < 4.78 is 34.5. The summed E-state index contributed by atoms with van der Waals surface area (Å²) in [6, 6.07) is 0. The lowest BCUT2D eigenvalue weighted by atomic mass is 10.1. The van der Waals surface area contributed by atoms with E-state index in [9.17, 15) is 9.59 Å². The highest BCUT2D eigenvalue weighted by atomic mass is 16.8. The smallest absolute Gasteiger partial charge is 0.306 e. The average Bonchev–Trinajstić information content (AvgIpc) is 3.09. The fraction of sp³-hybridized carbons (Fsp3) is 0.882. The van der Waals surface area contributed by atoms with E-state index in [-0.39, 0.29) is 19.3 Å². The molecule has 0 aromatic carbocycles. The maximum absolute atomic E-state index is 12.2. The van der Waals surface area contributed by atoms with Crippen molar-refractivity contribution in [2.45, 2.75) is 89.2 Å². The number of esters is 1. The fourth-order valence-corrected chi connectivity index (χ4v) is 3.41. The number of rotatable bonds is 6. The minimum absolute atomic E-state index is 0.00464. The molecule has 0 radical (unpaired) electrons. The van der Waals surface area contributed by atoms with Crippen LogP contribution in [-0.4, -0.2) is 65.9 Å². The molecule has 5 atom stereocenters. The fourth-order valence-electron chi connectivity index (χ4n) is 3.41. The van der Waals surface area contributed by atoms with Crippen molar-refractivity contribution in [3.63, 3.8) is 0 Å². The number of hydrogen-bond acceptors (Lipinski definition) is 8. The van der Waals surface area contributed by atoms with Crippen molar-refractivity contribution in [2.24, 2.45) is 0 Å². The minimum atomic E-state index is -0.951. The highest BCUT2D eigenvalue weighted by molar-refractivity contribution is 5.71. The van der Waals surface area contributed by atoms with Crippen LogP contribution in [-0.2, 0) is 38.0 Å². The zero-order chi connectivity index (χ0) is 19.1.